The van der Waals surface area contributed by atoms with Gasteiger partial charge in [0, 0.05) is 38.1 Å². The number of carbonyl (C=O) groups is 2. The van der Waals surface area contributed by atoms with Crippen molar-refractivity contribution in [3.05, 3.63) is 63.3 Å². The molecule has 0 spiro atoms. The molecule has 1 aliphatic carbocycles. The van der Waals surface area contributed by atoms with Gasteiger partial charge in [0.25, 0.3) is 17.4 Å². The van der Waals surface area contributed by atoms with Gasteiger partial charge in [-0.2, -0.15) is 0 Å². The van der Waals surface area contributed by atoms with Crippen molar-refractivity contribution in [3.63, 3.8) is 0 Å². The number of piperazine rings is 1. The Kier molecular flexibility index (Phi) is 5.23. The first-order chi connectivity index (χ1) is 13.6. The molecule has 3 heterocycles. The van der Waals surface area contributed by atoms with Gasteiger partial charge in [0.2, 0.25) is 0 Å². The second kappa shape index (κ2) is 7.96. The molecule has 1 saturated heterocycles. The van der Waals surface area contributed by atoms with Crippen LogP contribution < -0.4 is 5.56 Å². The predicted molar refractivity (Wildman–Crippen MR) is 104 cm³/mol. The summed E-state index contributed by atoms with van der Waals surface area (Å²) in [5.41, 5.74) is 2.38. The molecule has 2 aromatic rings. The Morgan fingerprint density at radius 3 is 2.36 bits per heavy atom. The van der Waals surface area contributed by atoms with E-state index in [-0.39, 0.29) is 22.9 Å². The lowest BCUT2D eigenvalue weighted by Crippen LogP contribution is -2.51. The number of aryl methyl sites for hydroxylation is 2. The van der Waals surface area contributed by atoms with Gasteiger partial charge in [-0.25, -0.2) is 0 Å². The minimum absolute atomic E-state index is 0.129. The van der Waals surface area contributed by atoms with Crippen molar-refractivity contribution in [1.82, 2.24) is 19.8 Å². The number of H-pyrrole nitrogens is 1. The standard InChI is InChI=1S/C21H24N4O3/c26-19-16(14-15-6-2-1-3-7-17(15)23-19)20(27)24-10-12-25(13-11-24)21(28)18-8-4-5-9-22-18/h4-5,8-9,14H,1-3,6-7,10-13H2,(H,23,26). The molecule has 0 aromatic carbocycles. The third-order valence-electron chi connectivity index (χ3n) is 5.56. The van der Waals surface area contributed by atoms with Gasteiger partial charge in [-0.05, 0) is 49.4 Å². The lowest BCUT2D eigenvalue weighted by Gasteiger charge is -2.34. The third kappa shape index (κ3) is 3.69. The molecule has 0 radical (unpaired) electrons. The van der Waals surface area contributed by atoms with Gasteiger partial charge < -0.3 is 14.8 Å². The largest absolute Gasteiger partial charge is 0.335 e. The SMILES string of the molecule is O=C(c1ccccn1)N1CCN(C(=O)c2cc3c([nH]c2=O)CCCCC3)CC1. The molecule has 4 rings (SSSR count). The van der Waals surface area contributed by atoms with E-state index >= 15 is 0 Å². The summed E-state index contributed by atoms with van der Waals surface area (Å²) in [4.78, 5) is 48.3. The Morgan fingerprint density at radius 2 is 1.64 bits per heavy atom. The molecule has 1 aliphatic heterocycles. The number of amides is 2. The molecule has 1 N–H and O–H groups in total. The van der Waals surface area contributed by atoms with E-state index in [1.54, 1.807) is 40.3 Å². The first-order valence-corrected chi connectivity index (χ1v) is 9.88. The summed E-state index contributed by atoms with van der Waals surface area (Å²) in [5.74, 6) is -0.381. The Hall–Kier alpha value is -2.96. The quantitative estimate of drug-likeness (QED) is 0.803. The monoisotopic (exact) mass is 380 g/mol. The summed E-state index contributed by atoms with van der Waals surface area (Å²) in [6.45, 7) is 1.69. The van der Waals surface area contributed by atoms with Crippen LogP contribution in [0.2, 0.25) is 0 Å². The molecular weight excluding hydrogens is 356 g/mol. The number of pyridine rings is 2. The molecule has 7 nitrogen and oxygen atoms in total. The van der Waals surface area contributed by atoms with Crippen molar-refractivity contribution in [1.29, 1.82) is 0 Å². The van der Waals surface area contributed by atoms with Gasteiger partial charge >= 0.3 is 0 Å². The van der Waals surface area contributed by atoms with E-state index < -0.39 is 0 Å². The van der Waals surface area contributed by atoms with Crippen LogP contribution in [0.4, 0.5) is 0 Å². The number of nitrogens with one attached hydrogen (secondary N) is 1. The molecule has 1 fully saturated rings. The zero-order valence-corrected chi connectivity index (χ0v) is 15.8. The van der Waals surface area contributed by atoms with E-state index in [4.69, 9.17) is 0 Å². The predicted octanol–water partition coefficient (Wildman–Crippen LogP) is 1.64. The second-order valence-electron chi connectivity index (χ2n) is 7.38. The summed E-state index contributed by atoms with van der Waals surface area (Å²) in [6, 6.07) is 7.03. The molecular formula is C21H24N4O3. The number of aromatic amines is 1. The molecule has 0 atom stereocenters. The number of rotatable bonds is 2. The Morgan fingerprint density at radius 1 is 0.929 bits per heavy atom. The number of hydrogen-bond donors (Lipinski definition) is 1. The first-order valence-electron chi connectivity index (χ1n) is 9.88. The van der Waals surface area contributed by atoms with E-state index in [1.807, 2.05) is 0 Å². The lowest BCUT2D eigenvalue weighted by molar-refractivity contribution is 0.0531. The van der Waals surface area contributed by atoms with E-state index in [2.05, 4.69) is 9.97 Å². The van der Waals surface area contributed by atoms with E-state index in [0.29, 0.717) is 31.9 Å². The van der Waals surface area contributed by atoms with Crippen molar-refractivity contribution in [2.24, 2.45) is 0 Å². The van der Waals surface area contributed by atoms with Crippen molar-refractivity contribution < 1.29 is 9.59 Å². The Labute approximate surface area is 163 Å². The minimum atomic E-state index is -0.308. The molecule has 7 heteroatoms. The molecule has 0 unspecified atom stereocenters. The molecule has 2 aliphatic rings. The number of hydrogen-bond acceptors (Lipinski definition) is 4. The second-order valence-corrected chi connectivity index (χ2v) is 7.38. The summed E-state index contributed by atoms with van der Waals surface area (Å²) in [7, 11) is 0. The molecule has 0 bridgehead atoms. The van der Waals surface area contributed by atoms with Crippen LogP contribution in [-0.4, -0.2) is 57.8 Å². The Bertz CT molecular complexity index is 930. The topological polar surface area (TPSA) is 86.4 Å². The maximum Gasteiger partial charge on any atom is 0.272 e. The maximum absolute atomic E-state index is 12.9. The summed E-state index contributed by atoms with van der Waals surface area (Å²) < 4.78 is 0. The number of aromatic nitrogens is 2. The van der Waals surface area contributed by atoms with Crippen molar-refractivity contribution in [2.45, 2.75) is 32.1 Å². The molecule has 28 heavy (non-hydrogen) atoms. The summed E-state index contributed by atoms with van der Waals surface area (Å²) >= 11 is 0. The third-order valence-corrected chi connectivity index (χ3v) is 5.56. The van der Waals surface area contributed by atoms with Crippen molar-refractivity contribution in [3.8, 4) is 0 Å². The average molecular weight is 380 g/mol. The zero-order valence-electron chi connectivity index (χ0n) is 15.8. The summed E-state index contributed by atoms with van der Waals surface area (Å²) in [6.07, 6.45) is 6.67. The molecule has 2 aromatic heterocycles. The fraction of sp³-hybridized carbons (Fsp3) is 0.429. The normalized spacial score (nSPS) is 17.0. The van der Waals surface area contributed by atoms with Crippen LogP contribution in [0.1, 0.15) is 51.4 Å². The van der Waals surface area contributed by atoms with Crippen LogP contribution >= 0.6 is 0 Å². The van der Waals surface area contributed by atoms with Gasteiger partial charge in [0.15, 0.2) is 0 Å². The van der Waals surface area contributed by atoms with Crippen LogP contribution in [-0.2, 0) is 12.8 Å². The molecule has 0 saturated carbocycles. The zero-order chi connectivity index (χ0) is 19.5. The maximum atomic E-state index is 12.9. The number of nitrogens with zero attached hydrogens (tertiary/aromatic N) is 3. The van der Waals surface area contributed by atoms with Crippen LogP contribution in [0.25, 0.3) is 0 Å². The Balaban J connectivity index is 1.45. The first kappa shape index (κ1) is 18.4. The van der Waals surface area contributed by atoms with Crippen LogP contribution in [0.5, 0.6) is 0 Å². The highest BCUT2D eigenvalue weighted by atomic mass is 16.2. The fourth-order valence-corrected chi connectivity index (χ4v) is 3.94. The number of fused-ring (bicyclic) bond motifs is 1. The highest BCUT2D eigenvalue weighted by Crippen LogP contribution is 2.19. The van der Waals surface area contributed by atoms with Crippen molar-refractivity contribution in [2.75, 3.05) is 26.2 Å². The van der Waals surface area contributed by atoms with Crippen LogP contribution in [0, 0.1) is 0 Å². The van der Waals surface area contributed by atoms with Gasteiger partial charge in [0.1, 0.15) is 11.3 Å². The van der Waals surface area contributed by atoms with Crippen LogP contribution in [0.3, 0.4) is 0 Å². The number of carbonyl (C=O) groups excluding carboxylic acids is 2. The molecule has 2 amide bonds. The van der Waals surface area contributed by atoms with Gasteiger partial charge in [-0.15, -0.1) is 0 Å². The van der Waals surface area contributed by atoms with E-state index in [0.717, 1.165) is 43.4 Å². The fourth-order valence-electron chi connectivity index (χ4n) is 3.94. The van der Waals surface area contributed by atoms with Gasteiger partial charge in [-0.1, -0.05) is 12.5 Å². The van der Waals surface area contributed by atoms with E-state index in [9.17, 15) is 14.4 Å². The van der Waals surface area contributed by atoms with Gasteiger partial charge in [-0.3, -0.25) is 19.4 Å². The van der Waals surface area contributed by atoms with Crippen LogP contribution in [0.15, 0.2) is 35.3 Å². The molecule has 146 valence electrons. The van der Waals surface area contributed by atoms with E-state index in [1.165, 1.54) is 0 Å². The lowest BCUT2D eigenvalue weighted by atomic mass is 10.1. The minimum Gasteiger partial charge on any atom is -0.335 e. The highest BCUT2D eigenvalue weighted by molar-refractivity contribution is 5.95. The van der Waals surface area contributed by atoms with Crippen molar-refractivity contribution >= 4 is 11.8 Å². The smallest absolute Gasteiger partial charge is 0.272 e. The summed E-state index contributed by atoms with van der Waals surface area (Å²) in [5, 5.41) is 0. The average Bonchev–Trinajstić information content (AvgIpc) is 2.97. The highest BCUT2D eigenvalue weighted by Gasteiger charge is 2.27. The van der Waals surface area contributed by atoms with Gasteiger partial charge in [0.05, 0.1) is 0 Å².